The van der Waals surface area contributed by atoms with Crippen molar-refractivity contribution in [2.45, 2.75) is 26.0 Å². The van der Waals surface area contributed by atoms with Crippen LogP contribution in [0.1, 0.15) is 29.3 Å². The molecule has 0 saturated carbocycles. The molecule has 0 aliphatic rings. The molecule has 0 spiro atoms. The summed E-state index contributed by atoms with van der Waals surface area (Å²) in [4.78, 5) is 13.1. The molecule has 2 N–H and O–H groups in total. The number of para-hydroxylation sites is 1. The number of aromatic carboxylic acids is 1. The van der Waals surface area contributed by atoms with Crippen LogP contribution in [0.5, 0.6) is 0 Å². The molecular weight excluding hydrogens is 278 g/mol. The Balaban J connectivity index is 2.22. The van der Waals surface area contributed by atoms with E-state index in [2.05, 4.69) is 4.90 Å². The largest absolute Gasteiger partial charge is 0.478 e. The molecule has 0 radical (unpaired) electrons. The van der Waals surface area contributed by atoms with Gasteiger partial charge in [-0.25, -0.2) is 4.79 Å². The second-order valence-electron chi connectivity index (χ2n) is 5.28. The number of rotatable bonds is 7. The number of carbonyl (C=O) groups is 1. The maximum atomic E-state index is 11.1. The van der Waals surface area contributed by atoms with Gasteiger partial charge in [-0.05, 0) is 36.2 Å². The van der Waals surface area contributed by atoms with Gasteiger partial charge in [0.25, 0.3) is 0 Å². The number of nitrogens with zero attached hydrogens (tertiary/aromatic N) is 1. The average molecular weight is 299 g/mol. The van der Waals surface area contributed by atoms with Gasteiger partial charge in [-0.15, -0.1) is 0 Å². The third-order valence-corrected chi connectivity index (χ3v) is 3.57. The molecule has 4 nitrogen and oxygen atoms in total. The monoisotopic (exact) mass is 299 g/mol. The smallest absolute Gasteiger partial charge is 0.335 e. The Labute approximate surface area is 130 Å². The van der Waals surface area contributed by atoms with E-state index in [1.807, 2.05) is 43.3 Å². The Hall–Kier alpha value is -2.33. The fraction of sp³-hybridized carbons (Fsp3) is 0.278. The van der Waals surface area contributed by atoms with Crippen molar-refractivity contribution in [3.05, 3.63) is 65.7 Å². The summed E-state index contributed by atoms with van der Waals surface area (Å²) in [5.74, 6) is -0.929. The first-order chi connectivity index (χ1) is 10.6. The summed E-state index contributed by atoms with van der Waals surface area (Å²) in [7, 11) is 0. The molecule has 2 aromatic carbocycles. The summed E-state index contributed by atoms with van der Waals surface area (Å²) < 4.78 is 0. The fourth-order valence-electron chi connectivity index (χ4n) is 2.31. The van der Waals surface area contributed by atoms with Crippen molar-refractivity contribution < 1.29 is 15.0 Å². The molecule has 2 aromatic rings. The zero-order valence-corrected chi connectivity index (χ0v) is 12.6. The minimum Gasteiger partial charge on any atom is -0.478 e. The first-order valence-corrected chi connectivity index (χ1v) is 7.40. The first kappa shape index (κ1) is 16.0. The lowest BCUT2D eigenvalue weighted by atomic mass is 10.1. The second kappa shape index (κ2) is 7.61. The van der Waals surface area contributed by atoms with Crippen molar-refractivity contribution in [2.75, 3.05) is 11.4 Å². The first-order valence-electron chi connectivity index (χ1n) is 7.40. The van der Waals surface area contributed by atoms with Crippen LogP contribution >= 0.6 is 0 Å². The molecular formula is C18H21NO3. The number of hydrogen-bond donors (Lipinski definition) is 2. The molecule has 4 heteroatoms. The van der Waals surface area contributed by atoms with E-state index in [1.54, 1.807) is 18.2 Å². The molecule has 0 heterocycles. The van der Waals surface area contributed by atoms with Gasteiger partial charge in [0.2, 0.25) is 0 Å². The molecule has 0 bridgehead atoms. The van der Waals surface area contributed by atoms with E-state index >= 15 is 0 Å². The van der Waals surface area contributed by atoms with E-state index in [9.17, 15) is 9.90 Å². The van der Waals surface area contributed by atoms with Crippen molar-refractivity contribution >= 4 is 11.7 Å². The normalized spacial score (nSPS) is 11.9. The number of aliphatic hydroxyl groups is 1. The molecule has 0 aliphatic heterocycles. The van der Waals surface area contributed by atoms with Crippen LogP contribution in [-0.2, 0) is 6.54 Å². The molecule has 0 aromatic heterocycles. The van der Waals surface area contributed by atoms with E-state index in [0.717, 1.165) is 11.3 Å². The highest BCUT2D eigenvalue weighted by molar-refractivity contribution is 5.87. The SMILES string of the molecule is CCC(O)CN(Cc1cccc(C(=O)O)c1)c1ccccc1. The van der Waals surface area contributed by atoms with Crippen molar-refractivity contribution in [1.29, 1.82) is 0 Å². The van der Waals surface area contributed by atoms with Crippen LogP contribution in [0.3, 0.4) is 0 Å². The Morgan fingerprint density at radius 2 is 1.86 bits per heavy atom. The van der Waals surface area contributed by atoms with Gasteiger partial charge in [-0.3, -0.25) is 0 Å². The Morgan fingerprint density at radius 3 is 2.50 bits per heavy atom. The number of carboxylic acids is 1. The van der Waals surface area contributed by atoms with Gasteiger partial charge in [-0.2, -0.15) is 0 Å². The summed E-state index contributed by atoms with van der Waals surface area (Å²) in [5, 5.41) is 19.1. The van der Waals surface area contributed by atoms with Crippen LogP contribution < -0.4 is 4.90 Å². The summed E-state index contributed by atoms with van der Waals surface area (Å²) >= 11 is 0. The van der Waals surface area contributed by atoms with Crippen molar-refractivity contribution in [2.24, 2.45) is 0 Å². The van der Waals surface area contributed by atoms with Gasteiger partial charge in [-0.1, -0.05) is 37.3 Å². The zero-order chi connectivity index (χ0) is 15.9. The van der Waals surface area contributed by atoms with Crippen molar-refractivity contribution in [3.63, 3.8) is 0 Å². The summed E-state index contributed by atoms with van der Waals surface area (Å²) in [6.07, 6.45) is 0.265. The minimum atomic E-state index is -0.929. The number of carboxylic acid groups (broad SMARTS) is 1. The zero-order valence-electron chi connectivity index (χ0n) is 12.6. The lowest BCUT2D eigenvalue weighted by Gasteiger charge is -2.27. The Morgan fingerprint density at radius 1 is 1.14 bits per heavy atom. The highest BCUT2D eigenvalue weighted by Gasteiger charge is 2.13. The van der Waals surface area contributed by atoms with E-state index < -0.39 is 12.1 Å². The molecule has 0 fully saturated rings. The Kier molecular flexibility index (Phi) is 5.55. The number of anilines is 1. The van der Waals surface area contributed by atoms with Crippen LogP contribution in [0.25, 0.3) is 0 Å². The molecule has 0 aliphatic carbocycles. The van der Waals surface area contributed by atoms with Crippen LogP contribution in [0.2, 0.25) is 0 Å². The molecule has 116 valence electrons. The minimum absolute atomic E-state index is 0.279. The Bertz CT molecular complexity index is 613. The third kappa shape index (κ3) is 4.33. The second-order valence-corrected chi connectivity index (χ2v) is 5.28. The lowest BCUT2D eigenvalue weighted by Crippen LogP contribution is -2.31. The fourth-order valence-corrected chi connectivity index (χ4v) is 2.31. The summed E-state index contributed by atoms with van der Waals surface area (Å²) in [6.45, 7) is 3.01. The molecule has 0 saturated heterocycles. The van der Waals surface area contributed by atoms with Gasteiger partial charge in [0, 0.05) is 18.8 Å². The molecule has 1 atom stereocenters. The maximum Gasteiger partial charge on any atom is 0.335 e. The van der Waals surface area contributed by atoms with Gasteiger partial charge in [0.1, 0.15) is 0 Å². The van der Waals surface area contributed by atoms with E-state index in [4.69, 9.17) is 5.11 Å². The third-order valence-electron chi connectivity index (χ3n) is 3.57. The van der Waals surface area contributed by atoms with Gasteiger partial charge in [0.05, 0.1) is 11.7 Å². The molecule has 1 unspecified atom stereocenters. The molecule has 2 rings (SSSR count). The number of benzene rings is 2. The predicted molar refractivity (Wildman–Crippen MR) is 87.2 cm³/mol. The van der Waals surface area contributed by atoms with Gasteiger partial charge < -0.3 is 15.1 Å². The molecule has 22 heavy (non-hydrogen) atoms. The van der Waals surface area contributed by atoms with Crippen LogP contribution in [0, 0.1) is 0 Å². The van der Waals surface area contributed by atoms with E-state index in [0.29, 0.717) is 19.5 Å². The van der Waals surface area contributed by atoms with Crippen LogP contribution in [0.15, 0.2) is 54.6 Å². The lowest BCUT2D eigenvalue weighted by molar-refractivity contribution is 0.0696. The van der Waals surface area contributed by atoms with E-state index in [-0.39, 0.29) is 5.56 Å². The predicted octanol–water partition coefficient (Wildman–Crippen LogP) is 3.16. The van der Waals surface area contributed by atoms with Gasteiger partial charge >= 0.3 is 5.97 Å². The van der Waals surface area contributed by atoms with Crippen LogP contribution in [-0.4, -0.2) is 28.8 Å². The van der Waals surface area contributed by atoms with E-state index in [1.165, 1.54) is 0 Å². The maximum absolute atomic E-state index is 11.1. The van der Waals surface area contributed by atoms with Crippen LogP contribution in [0.4, 0.5) is 5.69 Å². The molecule has 0 amide bonds. The van der Waals surface area contributed by atoms with Gasteiger partial charge in [0.15, 0.2) is 0 Å². The standard InChI is InChI=1S/C18H21NO3/c1-2-17(20)13-19(16-9-4-3-5-10-16)12-14-7-6-8-15(11-14)18(21)22/h3-11,17,20H,2,12-13H2,1H3,(H,21,22). The summed E-state index contributed by atoms with van der Waals surface area (Å²) in [5.41, 5.74) is 2.20. The number of hydrogen-bond acceptors (Lipinski definition) is 3. The van der Waals surface area contributed by atoms with Crippen molar-refractivity contribution in [3.8, 4) is 0 Å². The summed E-state index contributed by atoms with van der Waals surface area (Å²) in [6, 6.07) is 16.7. The average Bonchev–Trinajstić information content (AvgIpc) is 2.55. The highest BCUT2D eigenvalue weighted by Crippen LogP contribution is 2.18. The van der Waals surface area contributed by atoms with Crippen molar-refractivity contribution in [1.82, 2.24) is 0 Å². The highest BCUT2D eigenvalue weighted by atomic mass is 16.4. The number of aliphatic hydroxyl groups excluding tert-OH is 1. The quantitative estimate of drug-likeness (QED) is 0.824. The topological polar surface area (TPSA) is 60.8 Å².